The maximum atomic E-state index is 5.22. The van der Waals surface area contributed by atoms with E-state index in [0.29, 0.717) is 6.04 Å². The van der Waals surface area contributed by atoms with E-state index in [4.69, 9.17) is 4.74 Å². The monoisotopic (exact) mass is 293 g/mol. The number of hydrogen-bond acceptors (Lipinski definition) is 4. The second-order valence-electron chi connectivity index (χ2n) is 4.96. The number of nitrogens with zero attached hydrogens (tertiary/aromatic N) is 1. The Kier molecular flexibility index (Phi) is 5.73. The summed E-state index contributed by atoms with van der Waals surface area (Å²) >= 11 is 1.79. The summed E-state index contributed by atoms with van der Waals surface area (Å²) in [7, 11) is 3.70. The van der Waals surface area contributed by atoms with Gasteiger partial charge in [0, 0.05) is 17.9 Å². The Labute approximate surface area is 124 Å². The van der Waals surface area contributed by atoms with Crippen molar-refractivity contribution in [3.8, 4) is 5.75 Å². The maximum absolute atomic E-state index is 5.22. The summed E-state index contributed by atoms with van der Waals surface area (Å²) in [4.78, 5) is 7.92. The third-order valence-corrected chi connectivity index (χ3v) is 4.39. The van der Waals surface area contributed by atoms with Crippen LogP contribution in [0.2, 0.25) is 0 Å². The lowest BCUT2D eigenvalue weighted by Crippen LogP contribution is -2.20. The first-order valence-corrected chi connectivity index (χ1v) is 8.05. The van der Waals surface area contributed by atoms with E-state index in [2.05, 4.69) is 22.2 Å². The van der Waals surface area contributed by atoms with Gasteiger partial charge in [-0.05, 0) is 38.9 Å². The van der Waals surface area contributed by atoms with Gasteiger partial charge in [-0.3, -0.25) is 0 Å². The maximum Gasteiger partial charge on any atom is 0.166 e. The first-order chi connectivity index (χ1) is 9.72. The molecule has 2 N–H and O–H groups in total. The normalized spacial score (nSPS) is 12.8. The van der Waals surface area contributed by atoms with Crippen LogP contribution in [0.4, 0.5) is 0 Å². The summed E-state index contributed by atoms with van der Waals surface area (Å²) in [6, 6.07) is 6.53. The Morgan fingerprint density at radius 3 is 3.00 bits per heavy atom. The molecule has 0 amide bonds. The summed E-state index contributed by atoms with van der Waals surface area (Å²) in [5, 5.41) is 4.26. The molecule has 1 atom stereocenters. The van der Waals surface area contributed by atoms with E-state index in [1.54, 1.807) is 18.9 Å². The van der Waals surface area contributed by atoms with Crippen LogP contribution >= 0.6 is 11.8 Å². The zero-order valence-corrected chi connectivity index (χ0v) is 13.2. The quantitative estimate of drug-likeness (QED) is 0.578. The number of hydrogen-bond donors (Lipinski definition) is 2. The molecule has 2 rings (SSSR count). The van der Waals surface area contributed by atoms with Crippen LogP contribution in [0.5, 0.6) is 5.75 Å². The van der Waals surface area contributed by atoms with E-state index in [0.717, 1.165) is 27.7 Å². The van der Waals surface area contributed by atoms with Crippen molar-refractivity contribution in [3.05, 3.63) is 18.2 Å². The summed E-state index contributed by atoms with van der Waals surface area (Å²) in [6.07, 6.45) is 3.70. The number of aromatic amines is 1. The average molecular weight is 293 g/mol. The van der Waals surface area contributed by atoms with Gasteiger partial charge in [0.05, 0.1) is 18.1 Å². The highest BCUT2D eigenvalue weighted by Gasteiger charge is 2.05. The molecule has 1 aromatic heterocycles. The number of thioether (sulfide) groups is 1. The zero-order valence-electron chi connectivity index (χ0n) is 12.4. The molecule has 0 aliphatic rings. The van der Waals surface area contributed by atoms with E-state index in [1.807, 2.05) is 25.2 Å². The lowest BCUT2D eigenvalue weighted by Gasteiger charge is -2.08. The molecule has 1 aromatic carbocycles. The van der Waals surface area contributed by atoms with Gasteiger partial charge in [-0.1, -0.05) is 18.2 Å². The third-order valence-electron chi connectivity index (χ3n) is 3.43. The number of methoxy groups -OCH3 is 1. The molecule has 2 aromatic rings. The molecule has 0 aliphatic heterocycles. The van der Waals surface area contributed by atoms with Crippen LogP contribution < -0.4 is 10.1 Å². The predicted molar refractivity (Wildman–Crippen MR) is 85.7 cm³/mol. The fourth-order valence-electron chi connectivity index (χ4n) is 2.03. The van der Waals surface area contributed by atoms with Gasteiger partial charge in [0.15, 0.2) is 5.16 Å². The molecular formula is C15H23N3OS. The number of rotatable bonds is 8. The molecule has 1 heterocycles. The molecule has 0 saturated heterocycles. The molecule has 0 aliphatic carbocycles. The molecular weight excluding hydrogens is 270 g/mol. The van der Waals surface area contributed by atoms with Crippen molar-refractivity contribution in [2.75, 3.05) is 19.9 Å². The minimum Gasteiger partial charge on any atom is -0.497 e. The standard InChI is InChI=1S/C15H23N3OS/c1-11(16-2)6-4-5-9-20-15-17-13-8-7-12(19-3)10-14(13)18-15/h7-8,10-11,16H,4-6,9H2,1-3H3,(H,17,18). The van der Waals surface area contributed by atoms with Crippen molar-refractivity contribution in [3.63, 3.8) is 0 Å². The number of unbranched alkanes of at least 4 members (excludes halogenated alkanes) is 1. The van der Waals surface area contributed by atoms with Crippen LogP contribution in [0.1, 0.15) is 26.2 Å². The smallest absolute Gasteiger partial charge is 0.166 e. The van der Waals surface area contributed by atoms with Gasteiger partial charge < -0.3 is 15.0 Å². The Bertz CT molecular complexity index is 541. The summed E-state index contributed by atoms with van der Waals surface area (Å²) < 4.78 is 5.22. The molecule has 0 spiro atoms. The Balaban J connectivity index is 1.81. The fourth-order valence-corrected chi connectivity index (χ4v) is 2.91. The summed E-state index contributed by atoms with van der Waals surface area (Å²) in [6.45, 7) is 2.22. The first kappa shape index (κ1) is 15.2. The summed E-state index contributed by atoms with van der Waals surface area (Å²) in [5.74, 6) is 1.96. The van der Waals surface area contributed by atoms with Crippen molar-refractivity contribution < 1.29 is 4.74 Å². The van der Waals surface area contributed by atoms with Crippen LogP contribution in [0.3, 0.4) is 0 Å². The van der Waals surface area contributed by atoms with Gasteiger partial charge in [0.25, 0.3) is 0 Å². The second kappa shape index (κ2) is 7.55. The topological polar surface area (TPSA) is 49.9 Å². The van der Waals surface area contributed by atoms with E-state index in [9.17, 15) is 0 Å². The predicted octanol–water partition coefficient (Wildman–Crippen LogP) is 3.44. The molecule has 0 fully saturated rings. The van der Waals surface area contributed by atoms with Crippen molar-refractivity contribution in [2.24, 2.45) is 0 Å². The van der Waals surface area contributed by atoms with E-state index in [1.165, 1.54) is 19.3 Å². The van der Waals surface area contributed by atoms with Gasteiger partial charge in [-0.2, -0.15) is 0 Å². The fraction of sp³-hybridized carbons (Fsp3) is 0.533. The number of benzene rings is 1. The SMILES string of the molecule is CNC(C)CCCCSc1nc2ccc(OC)cc2[nH]1. The van der Waals surface area contributed by atoms with Gasteiger partial charge in [0.2, 0.25) is 0 Å². The van der Waals surface area contributed by atoms with Crippen LogP contribution in [-0.4, -0.2) is 35.9 Å². The van der Waals surface area contributed by atoms with Crippen LogP contribution in [0.25, 0.3) is 11.0 Å². The van der Waals surface area contributed by atoms with Crippen molar-refractivity contribution in [2.45, 2.75) is 37.4 Å². The van der Waals surface area contributed by atoms with Gasteiger partial charge in [0.1, 0.15) is 5.75 Å². The number of fused-ring (bicyclic) bond motifs is 1. The van der Waals surface area contributed by atoms with Crippen LogP contribution in [0.15, 0.2) is 23.4 Å². The van der Waals surface area contributed by atoms with Crippen molar-refractivity contribution >= 4 is 22.8 Å². The van der Waals surface area contributed by atoms with Crippen molar-refractivity contribution in [1.82, 2.24) is 15.3 Å². The molecule has 0 saturated carbocycles. The largest absolute Gasteiger partial charge is 0.497 e. The molecule has 1 unspecified atom stereocenters. The number of ether oxygens (including phenoxy) is 1. The second-order valence-corrected chi connectivity index (χ2v) is 6.04. The van der Waals surface area contributed by atoms with Gasteiger partial charge in [-0.25, -0.2) is 4.98 Å². The van der Waals surface area contributed by atoms with Gasteiger partial charge >= 0.3 is 0 Å². The molecule has 20 heavy (non-hydrogen) atoms. The molecule has 4 nitrogen and oxygen atoms in total. The lowest BCUT2D eigenvalue weighted by atomic mass is 10.1. The van der Waals surface area contributed by atoms with E-state index in [-0.39, 0.29) is 0 Å². The molecule has 110 valence electrons. The van der Waals surface area contributed by atoms with Crippen LogP contribution in [0, 0.1) is 0 Å². The molecule has 5 heteroatoms. The minimum atomic E-state index is 0.610. The van der Waals surface area contributed by atoms with Crippen LogP contribution in [-0.2, 0) is 0 Å². The highest BCUT2D eigenvalue weighted by Crippen LogP contribution is 2.23. The lowest BCUT2D eigenvalue weighted by molar-refractivity contribution is 0.415. The minimum absolute atomic E-state index is 0.610. The molecule has 0 bridgehead atoms. The van der Waals surface area contributed by atoms with E-state index < -0.39 is 0 Å². The zero-order chi connectivity index (χ0) is 14.4. The first-order valence-electron chi connectivity index (χ1n) is 7.06. The highest BCUT2D eigenvalue weighted by molar-refractivity contribution is 7.99. The van der Waals surface area contributed by atoms with Crippen molar-refractivity contribution in [1.29, 1.82) is 0 Å². The Morgan fingerprint density at radius 1 is 1.40 bits per heavy atom. The Morgan fingerprint density at radius 2 is 2.25 bits per heavy atom. The number of H-pyrrole nitrogens is 1. The van der Waals surface area contributed by atoms with Gasteiger partial charge in [-0.15, -0.1) is 0 Å². The highest BCUT2D eigenvalue weighted by atomic mass is 32.2. The number of nitrogens with one attached hydrogen (secondary N) is 2. The summed E-state index contributed by atoms with van der Waals surface area (Å²) in [5.41, 5.74) is 2.03. The third kappa shape index (κ3) is 4.15. The number of aromatic nitrogens is 2. The number of imidazole rings is 1. The molecule has 0 radical (unpaired) electrons. The average Bonchev–Trinajstić information content (AvgIpc) is 2.88. The Hall–Kier alpha value is -1.20. The van der Waals surface area contributed by atoms with E-state index >= 15 is 0 Å².